The molecule has 1 aromatic rings. The molecule has 0 saturated carbocycles. The van der Waals surface area contributed by atoms with Gasteiger partial charge in [0, 0.05) is 12.5 Å². The van der Waals surface area contributed by atoms with Crippen LogP contribution in [0.5, 0.6) is 0 Å². The predicted molar refractivity (Wildman–Crippen MR) is 59.9 cm³/mol. The fraction of sp³-hybridized carbons (Fsp3) is 0.400. The second-order valence-corrected chi connectivity index (χ2v) is 5.53. The number of amides is 1. The first-order valence-corrected chi connectivity index (χ1v) is 6.74. The summed E-state index contributed by atoms with van der Waals surface area (Å²) in [7, 11) is -3.35. The number of carbonyl (C=O) groups is 1. The number of nitrogens with two attached hydrogens (primary N) is 1. The first-order chi connectivity index (χ1) is 7.36. The van der Waals surface area contributed by atoms with Gasteiger partial charge in [-0.1, -0.05) is 13.3 Å². The largest absolute Gasteiger partial charge is 0.366 e. The maximum Gasteiger partial charge on any atom is 0.250 e. The zero-order chi connectivity index (χ0) is 12.3. The number of primary amides is 1. The molecule has 0 radical (unpaired) electrons. The minimum absolute atomic E-state index is 0.0269. The van der Waals surface area contributed by atoms with Crippen LogP contribution >= 0.6 is 0 Å². The lowest BCUT2D eigenvalue weighted by atomic mass is 10.1. The molecule has 0 atom stereocenters. The normalized spacial score (nSPS) is 11.4. The highest BCUT2D eigenvalue weighted by Gasteiger charge is 2.14. The number of nitrogens with zero attached hydrogens (tertiary/aromatic N) is 1. The van der Waals surface area contributed by atoms with E-state index in [-0.39, 0.29) is 10.6 Å². The zero-order valence-corrected chi connectivity index (χ0v) is 10.0. The van der Waals surface area contributed by atoms with E-state index in [0.29, 0.717) is 12.0 Å². The molecule has 0 aromatic carbocycles. The Morgan fingerprint density at radius 3 is 2.56 bits per heavy atom. The lowest BCUT2D eigenvalue weighted by Crippen LogP contribution is -2.15. The standard InChI is InChI=1S/C10H14N2O3S/c1-3-4-7-5-9(16(2,14)15)12-6-8(7)10(11)13/h5-6H,3-4H2,1-2H3,(H2,11,13). The summed E-state index contributed by atoms with van der Waals surface area (Å²) in [6, 6.07) is 1.42. The van der Waals surface area contributed by atoms with Gasteiger partial charge in [0.05, 0.1) is 5.56 Å². The molecule has 0 aliphatic carbocycles. The average molecular weight is 242 g/mol. The molecular formula is C10H14N2O3S. The van der Waals surface area contributed by atoms with Crippen molar-refractivity contribution in [1.29, 1.82) is 0 Å². The summed E-state index contributed by atoms with van der Waals surface area (Å²) in [6.07, 6.45) is 3.70. The average Bonchev–Trinajstić information content (AvgIpc) is 2.16. The Morgan fingerprint density at radius 2 is 2.12 bits per heavy atom. The van der Waals surface area contributed by atoms with Gasteiger partial charge in [-0.15, -0.1) is 0 Å². The Bertz CT molecular complexity index is 509. The van der Waals surface area contributed by atoms with Gasteiger partial charge < -0.3 is 5.73 Å². The molecule has 0 aliphatic rings. The molecule has 0 saturated heterocycles. The molecule has 0 unspecified atom stereocenters. The van der Waals surface area contributed by atoms with E-state index in [2.05, 4.69) is 4.98 Å². The summed E-state index contributed by atoms with van der Waals surface area (Å²) in [5.41, 5.74) is 6.09. The number of rotatable bonds is 4. The SMILES string of the molecule is CCCc1cc(S(C)(=O)=O)ncc1C(N)=O. The first kappa shape index (κ1) is 12.6. The molecule has 2 N–H and O–H groups in total. The smallest absolute Gasteiger partial charge is 0.250 e. The Kier molecular flexibility index (Phi) is 3.64. The van der Waals surface area contributed by atoms with Gasteiger partial charge in [0.25, 0.3) is 5.91 Å². The second-order valence-electron chi connectivity index (χ2n) is 3.57. The third-order valence-corrected chi connectivity index (χ3v) is 3.11. The van der Waals surface area contributed by atoms with E-state index in [4.69, 9.17) is 5.73 Å². The van der Waals surface area contributed by atoms with Crippen molar-refractivity contribution in [2.24, 2.45) is 5.73 Å². The van der Waals surface area contributed by atoms with Gasteiger partial charge in [-0.3, -0.25) is 4.79 Å². The maximum absolute atomic E-state index is 11.3. The van der Waals surface area contributed by atoms with E-state index >= 15 is 0 Å². The molecule has 1 aromatic heterocycles. The van der Waals surface area contributed by atoms with Gasteiger partial charge in [-0.2, -0.15) is 0 Å². The van der Waals surface area contributed by atoms with Crippen molar-refractivity contribution in [3.05, 3.63) is 23.4 Å². The molecule has 16 heavy (non-hydrogen) atoms. The minimum Gasteiger partial charge on any atom is -0.366 e. The quantitative estimate of drug-likeness (QED) is 0.834. The number of sulfone groups is 1. The summed E-state index contributed by atoms with van der Waals surface area (Å²) >= 11 is 0. The van der Waals surface area contributed by atoms with Crippen LogP contribution < -0.4 is 5.73 Å². The van der Waals surface area contributed by atoms with Crippen molar-refractivity contribution in [1.82, 2.24) is 4.98 Å². The highest BCUT2D eigenvalue weighted by Crippen LogP contribution is 2.14. The van der Waals surface area contributed by atoms with E-state index in [1.165, 1.54) is 12.3 Å². The molecule has 1 heterocycles. The van der Waals surface area contributed by atoms with Crippen LogP contribution in [0.2, 0.25) is 0 Å². The van der Waals surface area contributed by atoms with Gasteiger partial charge in [-0.25, -0.2) is 13.4 Å². The van der Waals surface area contributed by atoms with Gasteiger partial charge in [0.1, 0.15) is 0 Å². The molecule has 0 spiro atoms. The van der Waals surface area contributed by atoms with Gasteiger partial charge in [0.15, 0.2) is 14.9 Å². The molecule has 6 heteroatoms. The van der Waals surface area contributed by atoms with E-state index in [0.717, 1.165) is 12.7 Å². The van der Waals surface area contributed by atoms with Crippen LogP contribution in [-0.4, -0.2) is 25.6 Å². The van der Waals surface area contributed by atoms with Crippen molar-refractivity contribution in [2.75, 3.05) is 6.26 Å². The van der Waals surface area contributed by atoms with Crippen LogP contribution in [0, 0.1) is 0 Å². The van der Waals surface area contributed by atoms with E-state index in [1.54, 1.807) is 0 Å². The zero-order valence-electron chi connectivity index (χ0n) is 9.23. The van der Waals surface area contributed by atoms with Gasteiger partial charge in [-0.05, 0) is 18.1 Å². The third-order valence-electron chi connectivity index (χ3n) is 2.13. The molecule has 88 valence electrons. The highest BCUT2D eigenvalue weighted by molar-refractivity contribution is 7.90. The number of carbonyl (C=O) groups excluding carboxylic acids is 1. The van der Waals surface area contributed by atoms with E-state index in [9.17, 15) is 13.2 Å². The van der Waals surface area contributed by atoms with Crippen LogP contribution in [-0.2, 0) is 16.3 Å². The lowest BCUT2D eigenvalue weighted by molar-refractivity contribution is 0.0999. The minimum atomic E-state index is -3.35. The van der Waals surface area contributed by atoms with E-state index in [1.807, 2.05) is 6.92 Å². The molecule has 5 nitrogen and oxygen atoms in total. The predicted octanol–water partition coefficient (Wildman–Crippen LogP) is 0.537. The Hall–Kier alpha value is -1.43. The van der Waals surface area contributed by atoms with E-state index < -0.39 is 15.7 Å². The molecule has 0 bridgehead atoms. The van der Waals surface area contributed by atoms with Crippen molar-refractivity contribution in [3.63, 3.8) is 0 Å². The second kappa shape index (κ2) is 4.61. The molecule has 0 fully saturated rings. The Morgan fingerprint density at radius 1 is 1.50 bits per heavy atom. The van der Waals surface area contributed by atoms with Crippen LogP contribution in [0.3, 0.4) is 0 Å². The fourth-order valence-corrected chi connectivity index (χ4v) is 1.98. The molecular weight excluding hydrogens is 228 g/mol. The van der Waals surface area contributed by atoms with Crippen LogP contribution in [0.1, 0.15) is 29.3 Å². The third kappa shape index (κ3) is 2.79. The van der Waals surface area contributed by atoms with Crippen molar-refractivity contribution >= 4 is 15.7 Å². The molecule has 1 rings (SSSR count). The van der Waals surface area contributed by atoms with Crippen molar-refractivity contribution < 1.29 is 13.2 Å². The Balaban J connectivity index is 3.33. The first-order valence-electron chi connectivity index (χ1n) is 4.85. The van der Waals surface area contributed by atoms with Gasteiger partial charge >= 0.3 is 0 Å². The summed E-state index contributed by atoms with van der Waals surface area (Å²) in [5, 5.41) is -0.0269. The number of aromatic nitrogens is 1. The summed E-state index contributed by atoms with van der Waals surface area (Å²) in [4.78, 5) is 14.8. The Labute approximate surface area is 94.6 Å². The molecule has 1 amide bonds. The highest BCUT2D eigenvalue weighted by atomic mass is 32.2. The van der Waals surface area contributed by atoms with Crippen molar-refractivity contribution in [2.45, 2.75) is 24.8 Å². The monoisotopic (exact) mass is 242 g/mol. The number of hydrogen-bond acceptors (Lipinski definition) is 4. The summed E-state index contributed by atoms with van der Waals surface area (Å²) in [5.74, 6) is -0.587. The summed E-state index contributed by atoms with van der Waals surface area (Å²) < 4.78 is 22.6. The number of pyridine rings is 1. The van der Waals surface area contributed by atoms with Crippen LogP contribution in [0.15, 0.2) is 17.3 Å². The number of aryl methyl sites for hydroxylation is 1. The maximum atomic E-state index is 11.3. The molecule has 0 aliphatic heterocycles. The van der Waals surface area contributed by atoms with Gasteiger partial charge in [0.2, 0.25) is 0 Å². The lowest BCUT2D eigenvalue weighted by Gasteiger charge is -2.06. The summed E-state index contributed by atoms with van der Waals surface area (Å²) in [6.45, 7) is 1.94. The number of hydrogen-bond donors (Lipinski definition) is 1. The van der Waals surface area contributed by atoms with Crippen LogP contribution in [0.25, 0.3) is 0 Å². The fourth-order valence-electron chi connectivity index (χ4n) is 1.38. The van der Waals surface area contributed by atoms with Crippen molar-refractivity contribution in [3.8, 4) is 0 Å². The van der Waals surface area contributed by atoms with Crippen LogP contribution in [0.4, 0.5) is 0 Å². The topological polar surface area (TPSA) is 90.1 Å².